The first kappa shape index (κ1) is 22.4. The predicted molar refractivity (Wildman–Crippen MR) is 119 cm³/mol. The molecule has 1 aliphatic heterocycles. The fourth-order valence-corrected chi connectivity index (χ4v) is 6.38. The number of rotatable bonds is 4. The van der Waals surface area contributed by atoms with Gasteiger partial charge in [0.25, 0.3) is 0 Å². The second kappa shape index (κ2) is 8.42. The first-order valence-corrected chi connectivity index (χ1v) is 11.9. The Balaban J connectivity index is 1.32. The summed E-state index contributed by atoms with van der Waals surface area (Å²) in [4.78, 5) is 19.7. The van der Waals surface area contributed by atoms with E-state index in [-0.39, 0.29) is 30.0 Å². The zero-order valence-electron chi connectivity index (χ0n) is 18.9. The molecule has 2 saturated carbocycles. The van der Waals surface area contributed by atoms with Gasteiger partial charge < -0.3 is 10.2 Å². The van der Waals surface area contributed by atoms with Gasteiger partial charge in [-0.2, -0.15) is 13.2 Å². The van der Waals surface area contributed by atoms with Gasteiger partial charge in [0.05, 0.1) is 11.0 Å². The van der Waals surface area contributed by atoms with Crippen LogP contribution in [0.5, 0.6) is 0 Å². The normalized spacial score (nSPS) is 27.8. The van der Waals surface area contributed by atoms with Crippen LogP contribution < -0.4 is 5.32 Å². The molecule has 7 heteroatoms. The van der Waals surface area contributed by atoms with Crippen LogP contribution in [-0.2, 0) is 23.9 Å². The molecule has 4 nitrogen and oxygen atoms in total. The second-order valence-corrected chi connectivity index (χ2v) is 9.99. The van der Waals surface area contributed by atoms with Crippen molar-refractivity contribution in [3.63, 3.8) is 0 Å². The maximum absolute atomic E-state index is 13.9. The van der Waals surface area contributed by atoms with Crippen molar-refractivity contribution < 1.29 is 18.0 Å². The van der Waals surface area contributed by atoms with E-state index in [4.69, 9.17) is 0 Å². The van der Waals surface area contributed by atoms with Crippen molar-refractivity contribution in [2.45, 2.75) is 70.3 Å². The quantitative estimate of drug-likeness (QED) is 0.679. The summed E-state index contributed by atoms with van der Waals surface area (Å²) in [5.41, 5.74) is 1.31. The maximum Gasteiger partial charge on any atom is 0.417 e. The number of nitrogens with zero attached hydrogens (tertiary/aromatic N) is 2. The highest BCUT2D eigenvalue weighted by molar-refractivity contribution is 5.84. The lowest BCUT2D eigenvalue weighted by Gasteiger charge is -2.37. The van der Waals surface area contributed by atoms with E-state index in [1.807, 2.05) is 18.2 Å². The predicted octanol–water partition coefficient (Wildman–Crippen LogP) is 5.28. The molecule has 0 saturated heterocycles. The molecule has 4 unspecified atom stereocenters. The van der Waals surface area contributed by atoms with Crippen molar-refractivity contribution >= 4 is 5.91 Å². The molecular weight excluding hydrogens is 427 g/mol. The van der Waals surface area contributed by atoms with Crippen molar-refractivity contribution in [3.8, 4) is 0 Å². The Morgan fingerprint density at radius 2 is 2.06 bits per heavy atom. The van der Waals surface area contributed by atoms with Crippen molar-refractivity contribution in [3.05, 3.63) is 65.0 Å². The number of hydrogen-bond donors (Lipinski definition) is 1. The van der Waals surface area contributed by atoms with Crippen LogP contribution in [0.15, 0.2) is 42.6 Å². The summed E-state index contributed by atoms with van der Waals surface area (Å²) in [5, 5.41) is 3.74. The number of hydrogen-bond acceptors (Lipinski definition) is 3. The molecule has 0 spiro atoms. The molecule has 5 rings (SSSR count). The minimum absolute atomic E-state index is 0.129. The Morgan fingerprint density at radius 1 is 1.27 bits per heavy atom. The van der Waals surface area contributed by atoms with Crippen molar-refractivity contribution in [1.29, 1.82) is 0 Å². The summed E-state index contributed by atoms with van der Waals surface area (Å²) in [6.07, 6.45) is 1.73. The number of benzene rings is 1. The highest BCUT2D eigenvalue weighted by Gasteiger charge is 2.56. The van der Waals surface area contributed by atoms with Gasteiger partial charge in [-0.25, -0.2) is 0 Å². The molecule has 176 valence electrons. The molecule has 2 aliphatic carbocycles. The molecular formula is C26H30F3N3O. The smallest absolute Gasteiger partial charge is 0.337 e. The summed E-state index contributed by atoms with van der Waals surface area (Å²) < 4.78 is 39.5. The average molecular weight is 458 g/mol. The van der Waals surface area contributed by atoms with Gasteiger partial charge in [-0.1, -0.05) is 36.8 Å². The third-order valence-electron chi connectivity index (χ3n) is 8.00. The van der Waals surface area contributed by atoms with Gasteiger partial charge in [0.1, 0.15) is 0 Å². The van der Waals surface area contributed by atoms with E-state index in [9.17, 15) is 18.0 Å². The van der Waals surface area contributed by atoms with E-state index < -0.39 is 11.7 Å². The maximum atomic E-state index is 13.9. The molecule has 33 heavy (non-hydrogen) atoms. The van der Waals surface area contributed by atoms with Crippen molar-refractivity contribution in [2.24, 2.45) is 11.3 Å². The van der Waals surface area contributed by atoms with Gasteiger partial charge in [-0.05, 0) is 55.7 Å². The lowest BCUT2D eigenvalue weighted by atomic mass is 9.78. The number of nitrogens with one attached hydrogen (secondary N) is 1. The zero-order chi connectivity index (χ0) is 23.2. The van der Waals surface area contributed by atoms with Gasteiger partial charge in [0.2, 0.25) is 5.91 Å². The average Bonchev–Trinajstić information content (AvgIpc) is 3.35. The van der Waals surface area contributed by atoms with Crippen molar-refractivity contribution in [2.75, 3.05) is 6.54 Å². The van der Waals surface area contributed by atoms with E-state index in [2.05, 4.69) is 29.4 Å². The topological polar surface area (TPSA) is 45.2 Å². The third kappa shape index (κ3) is 4.16. The van der Waals surface area contributed by atoms with Crippen LogP contribution in [0.2, 0.25) is 0 Å². The van der Waals surface area contributed by atoms with Crippen LogP contribution in [0.4, 0.5) is 13.2 Å². The number of carbonyl (C=O) groups is 1. The largest absolute Gasteiger partial charge is 0.417 e. The molecule has 2 heterocycles. The van der Waals surface area contributed by atoms with Crippen LogP contribution in [0, 0.1) is 11.3 Å². The lowest BCUT2D eigenvalue weighted by Crippen LogP contribution is -2.47. The SMILES string of the molecule is CC(NC1CC2CCCC2(C(=O)N2CCc3ncc(C(F)(F)F)cc3C2)C1)c1ccccc1. The molecule has 1 aromatic heterocycles. The van der Waals surface area contributed by atoms with Gasteiger partial charge in [-0.3, -0.25) is 9.78 Å². The van der Waals surface area contributed by atoms with E-state index in [0.29, 0.717) is 30.1 Å². The summed E-state index contributed by atoms with van der Waals surface area (Å²) in [6.45, 7) is 2.90. The van der Waals surface area contributed by atoms with Crippen molar-refractivity contribution in [1.82, 2.24) is 15.2 Å². The number of carbonyl (C=O) groups excluding carboxylic acids is 1. The van der Waals surface area contributed by atoms with Gasteiger partial charge >= 0.3 is 6.18 Å². The third-order valence-corrected chi connectivity index (χ3v) is 8.00. The highest BCUT2D eigenvalue weighted by Crippen LogP contribution is 2.55. The Kier molecular flexibility index (Phi) is 5.71. The monoisotopic (exact) mass is 457 g/mol. The molecule has 1 amide bonds. The first-order chi connectivity index (χ1) is 15.8. The molecule has 2 aromatic rings. The molecule has 2 fully saturated rings. The number of fused-ring (bicyclic) bond motifs is 2. The van der Waals surface area contributed by atoms with E-state index >= 15 is 0 Å². The Labute approximate surface area is 192 Å². The summed E-state index contributed by atoms with van der Waals surface area (Å²) in [6, 6.07) is 12.0. The fraction of sp³-hybridized carbons (Fsp3) is 0.538. The number of alkyl halides is 3. The molecule has 0 radical (unpaired) electrons. The first-order valence-electron chi connectivity index (χ1n) is 11.9. The molecule has 4 atom stereocenters. The minimum atomic E-state index is -4.43. The van der Waals surface area contributed by atoms with E-state index in [1.54, 1.807) is 4.90 Å². The van der Waals surface area contributed by atoms with E-state index in [1.165, 1.54) is 11.6 Å². The Morgan fingerprint density at radius 3 is 2.82 bits per heavy atom. The van der Waals surface area contributed by atoms with Crippen LogP contribution >= 0.6 is 0 Å². The van der Waals surface area contributed by atoms with Gasteiger partial charge in [0, 0.05) is 43.5 Å². The standard InChI is InChI=1S/C26H30F3N3O/c1-17(18-6-3-2-4-7-18)31-22-13-20-8-5-10-25(20,14-22)24(33)32-11-9-23-19(16-32)12-21(15-30-23)26(27,28)29/h2-4,6-7,12,15,17,20,22,31H,5,8-11,13-14,16H2,1H3. The summed E-state index contributed by atoms with van der Waals surface area (Å²) in [7, 11) is 0. The summed E-state index contributed by atoms with van der Waals surface area (Å²) in [5.74, 6) is 0.469. The number of amides is 1. The number of halogens is 3. The summed E-state index contributed by atoms with van der Waals surface area (Å²) >= 11 is 0. The van der Waals surface area contributed by atoms with Crippen LogP contribution in [0.1, 0.15) is 67.5 Å². The number of pyridine rings is 1. The minimum Gasteiger partial charge on any atom is -0.337 e. The highest BCUT2D eigenvalue weighted by atomic mass is 19.4. The Hall–Kier alpha value is -2.41. The molecule has 0 bridgehead atoms. The molecule has 1 N–H and O–H groups in total. The van der Waals surface area contributed by atoms with Gasteiger partial charge in [-0.15, -0.1) is 0 Å². The van der Waals surface area contributed by atoms with Crippen LogP contribution in [0.3, 0.4) is 0 Å². The van der Waals surface area contributed by atoms with Gasteiger partial charge in [0.15, 0.2) is 0 Å². The van der Waals surface area contributed by atoms with Crippen LogP contribution in [-0.4, -0.2) is 28.4 Å². The zero-order valence-corrected chi connectivity index (χ0v) is 18.9. The Bertz CT molecular complexity index is 1030. The molecule has 3 aliphatic rings. The number of aromatic nitrogens is 1. The lowest BCUT2D eigenvalue weighted by molar-refractivity contribution is -0.144. The fourth-order valence-electron chi connectivity index (χ4n) is 6.38. The van der Waals surface area contributed by atoms with Crippen LogP contribution in [0.25, 0.3) is 0 Å². The van der Waals surface area contributed by atoms with E-state index in [0.717, 1.165) is 38.3 Å². The second-order valence-electron chi connectivity index (χ2n) is 9.99. The molecule has 1 aromatic carbocycles.